The Balaban J connectivity index is 2.62. The summed E-state index contributed by atoms with van der Waals surface area (Å²) in [6.45, 7) is 0. The van der Waals surface area contributed by atoms with Gasteiger partial charge in [-0.25, -0.2) is 0 Å². The molecule has 0 saturated heterocycles. The quantitative estimate of drug-likeness (QED) is 0.599. The maximum absolute atomic E-state index is 10.6. The van der Waals surface area contributed by atoms with Gasteiger partial charge in [0.15, 0.2) is 11.5 Å². The molecule has 0 aliphatic heterocycles. The van der Waals surface area contributed by atoms with Crippen LogP contribution in [0.3, 0.4) is 0 Å². The fraction of sp³-hybridized carbons (Fsp3) is 0.500. The molecule has 1 N–H and O–H groups in total. The number of hydrogen-bond donors (Lipinski definition) is 1. The molecule has 1 aliphatic carbocycles. The lowest BCUT2D eigenvalue weighted by atomic mass is 10.3. The molecular formula is C6H8O2S. The zero-order valence-corrected chi connectivity index (χ0v) is 5.94. The Kier molecular flexibility index (Phi) is 1.81. The van der Waals surface area contributed by atoms with Crippen LogP contribution >= 0.6 is 11.8 Å². The summed E-state index contributed by atoms with van der Waals surface area (Å²) in [4.78, 5) is 10.6. The number of carbonyl (C=O) groups excluding carboxylic acids is 1. The first-order valence-corrected chi connectivity index (χ1v) is 3.99. The summed E-state index contributed by atoms with van der Waals surface area (Å²) in [7, 11) is 0. The minimum atomic E-state index is -0.130. The van der Waals surface area contributed by atoms with Crippen molar-refractivity contribution in [2.45, 2.75) is 11.7 Å². The van der Waals surface area contributed by atoms with Gasteiger partial charge in [-0.05, 0) is 12.3 Å². The monoisotopic (exact) mass is 144 g/mol. The van der Waals surface area contributed by atoms with E-state index in [9.17, 15) is 4.79 Å². The molecule has 0 aromatic carbocycles. The number of rotatable bonds is 1. The van der Waals surface area contributed by atoms with Crippen molar-refractivity contribution in [3.8, 4) is 0 Å². The summed E-state index contributed by atoms with van der Waals surface area (Å²) in [5.41, 5.74) is 0. The summed E-state index contributed by atoms with van der Waals surface area (Å²) < 4.78 is 0. The van der Waals surface area contributed by atoms with Crippen molar-refractivity contribution < 1.29 is 9.90 Å². The zero-order chi connectivity index (χ0) is 6.85. The predicted octanol–water partition coefficient (Wildman–Crippen LogP) is 1.13. The maximum atomic E-state index is 10.6. The van der Waals surface area contributed by atoms with E-state index in [1.54, 1.807) is 17.8 Å². The van der Waals surface area contributed by atoms with Gasteiger partial charge in [0.2, 0.25) is 0 Å². The van der Waals surface area contributed by atoms with Crippen LogP contribution in [-0.4, -0.2) is 22.4 Å². The second kappa shape index (κ2) is 2.43. The number of ketones is 1. The van der Waals surface area contributed by atoms with Gasteiger partial charge in [-0.3, -0.25) is 4.79 Å². The number of Topliss-reactive ketones (excluding diaryl/α,β-unsaturated/α-hetero) is 1. The molecule has 0 aromatic heterocycles. The van der Waals surface area contributed by atoms with Crippen LogP contribution in [0.1, 0.15) is 6.42 Å². The molecule has 0 amide bonds. The standard InChI is InChI=1S/C6H8O2S/c1-9-4-2-5(7)6(8)3-4/h2,4,7H,3H2,1H3. The Hall–Kier alpha value is -0.440. The van der Waals surface area contributed by atoms with Gasteiger partial charge in [-0.1, -0.05) is 0 Å². The van der Waals surface area contributed by atoms with E-state index in [0.717, 1.165) is 0 Å². The fourth-order valence-corrected chi connectivity index (χ4v) is 1.35. The largest absolute Gasteiger partial charge is 0.505 e. The molecule has 0 aromatic rings. The number of hydrogen-bond acceptors (Lipinski definition) is 3. The van der Waals surface area contributed by atoms with Crippen LogP contribution in [0.15, 0.2) is 11.8 Å². The van der Waals surface area contributed by atoms with Crippen molar-refractivity contribution in [2.24, 2.45) is 0 Å². The van der Waals surface area contributed by atoms with E-state index in [4.69, 9.17) is 5.11 Å². The van der Waals surface area contributed by atoms with Crippen molar-refractivity contribution in [1.82, 2.24) is 0 Å². The predicted molar refractivity (Wildman–Crippen MR) is 37.6 cm³/mol. The molecule has 0 fully saturated rings. The van der Waals surface area contributed by atoms with Crippen LogP contribution in [-0.2, 0) is 4.79 Å². The molecule has 50 valence electrons. The van der Waals surface area contributed by atoms with Gasteiger partial charge in [0.1, 0.15) is 0 Å². The second-order valence-corrected chi connectivity index (χ2v) is 3.03. The van der Waals surface area contributed by atoms with E-state index < -0.39 is 0 Å². The Morgan fingerprint density at radius 3 is 2.78 bits per heavy atom. The summed E-state index contributed by atoms with van der Waals surface area (Å²) >= 11 is 1.58. The summed E-state index contributed by atoms with van der Waals surface area (Å²) in [5.74, 6) is -0.191. The highest BCUT2D eigenvalue weighted by Gasteiger charge is 2.21. The lowest BCUT2D eigenvalue weighted by Crippen LogP contribution is -1.97. The average Bonchev–Trinajstić information content (AvgIpc) is 2.13. The summed E-state index contributed by atoms with van der Waals surface area (Å²) in [5, 5.41) is 9.00. The van der Waals surface area contributed by atoms with Crippen LogP contribution in [0.2, 0.25) is 0 Å². The lowest BCUT2D eigenvalue weighted by molar-refractivity contribution is -0.117. The van der Waals surface area contributed by atoms with E-state index in [2.05, 4.69) is 0 Å². The number of thioether (sulfide) groups is 1. The van der Waals surface area contributed by atoms with Gasteiger partial charge in [0.05, 0.1) is 0 Å². The third-order valence-electron chi connectivity index (χ3n) is 1.32. The third kappa shape index (κ3) is 1.27. The van der Waals surface area contributed by atoms with Crippen molar-refractivity contribution in [2.75, 3.05) is 6.26 Å². The van der Waals surface area contributed by atoms with Crippen LogP contribution in [0, 0.1) is 0 Å². The van der Waals surface area contributed by atoms with E-state index in [1.807, 2.05) is 6.26 Å². The number of allylic oxidation sites excluding steroid dienone is 1. The highest BCUT2D eigenvalue weighted by molar-refractivity contribution is 7.99. The van der Waals surface area contributed by atoms with Crippen molar-refractivity contribution in [3.63, 3.8) is 0 Å². The van der Waals surface area contributed by atoms with E-state index in [-0.39, 0.29) is 16.8 Å². The molecule has 0 heterocycles. The van der Waals surface area contributed by atoms with Crippen molar-refractivity contribution in [3.05, 3.63) is 11.8 Å². The molecule has 0 bridgehead atoms. The molecule has 0 radical (unpaired) electrons. The van der Waals surface area contributed by atoms with Gasteiger partial charge >= 0.3 is 0 Å². The van der Waals surface area contributed by atoms with Crippen LogP contribution in [0.4, 0.5) is 0 Å². The van der Waals surface area contributed by atoms with Crippen molar-refractivity contribution >= 4 is 17.5 Å². The SMILES string of the molecule is CSC1C=C(O)C(=O)C1. The Morgan fingerprint density at radius 1 is 1.89 bits per heavy atom. The molecule has 0 spiro atoms. The summed E-state index contributed by atoms with van der Waals surface area (Å²) in [6.07, 6.45) is 3.99. The third-order valence-corrected chi connectivity index (χ3v) is 2.23. The first-order valence-electron chi connectivity index (χ1n) is 2.71. The molecule has 1 unspecified atom stereocenters. The molecule has 3 heteroatoms. The normalized spacial score (nSPS) is 26.6. The molecule has 1 aliphatic rings. The van der Waals surface area contributed by atoms with E-state index in [1.165, 1.54) is 0 Å². The molecule has 1 atom stereocenters. The van der Waals surface area contributed by atoms with Crippen molar-refractivity contribution in [1.29, 1.82) is 0 Å². The highest BCUT2D eigenvalue weighted by atomic mass is 32.2. The molecule has 0 saturated carbocycles. The molecular weight excluding hydrogens is 136 g/mol. The molecule has 9 heavy (non-hydrogen) atoms. The summed E-state index contributed by atoms with van der Waals surface area (Å²) in [6, 6.07) is 0. The molecule has 1 rings (SSSR count). The van der Waals surface area contributed by atoms with E-state index >= 15 is 0 Å². The van der Waals surface area contributed by atoms with Gasteiger partial charge in [0, 0.05) is 11.7 Å². The Labute approximate surface area is 57.9 Å². The number of carbonyl (C=O) groups is 1. The first kappa shape index (κ1) is 6.68. The Morgan fingerprint density at radius 2 is 2.56 bits per heavy atom. The Bertz CT molecular complexity index is 162. The van der Waals surface area contributed by atoms with Gasteiger partial charge in [0.25, 0.3) is 0 Å². The van der Waals surface area contributed by atoms with Crippen LogP contribution in [0.5, 0.6) is 0 Å². The topological polar surface area (TPSA) is 37.3 Å². The van der Waals surface area contributed by atoms with E-state index in [0.29, 0.717) is 6.42 Å². The number of aliphatic hydroxyl groups excluding tert-OH is 1. The average molecular weight is 144 g/mol. The van der Waals surface area contributed by atoms with Crippen LogP contribution < -0.4 is 0 Å². The molecule has 2 nitrogen and oxygen atoms in total. The maximum Gasteiger partial charge on any atom is 0.198 e. The highest BCUT2D eigenvalue weighted by Crippen LogP contribution is 2.21. The minimum absolute atomic E-state index is 0.0608. The first-order chi connectivity index (χ1) is 4.24. The van der Waals surface area contributed by atoms with Crippen LogP contribution in [0.25, 0.3) is 0 Å². The van der Waals surface area contributed by atoms with Gasteiger partial charge in [-0.2, -0.15) is 11.8 Å². The minimum Gasteiger partial charge on any atom is -0.505 e. The zero-order valence-electron chi connectivity index (χ0n) is 5.13. The second-order valence-electron chi connectivity index (χ2n) is 1.95. The lowest BCUT2D eigenvalue weighted by Gasteiger charge is -1.95. The fourth-order valence-electron chi connectivity index (χ4n) is 0.767. The smallest absolute Gasteiger partial charge is 0.198 e. The van der Waals surface area contributed by atoms with Gasteiger partial charge in [-0.15, -0.1) is 0 Å². The number of aliphatic hydroxyl groups is 1. The van der Waals surface area contributed by atoms with Gasteiger partial charge < -0.3 is 5.11 Å².